The van der Waals surface area contributed by atoms with Crippen molar-refractivity contribution in [3.05, 3.63) is 35.4 Å². The van der Waals surface area contributed by atoms with E-state index in [0.717, 1.165) is 26.1 Å². The molecule has 0 spiro atoms. The fraction of sp³-hybridized carbons (Fsp3) is 0.562. The summed E-state index contributed by atoms with van der Waals surface area (Å²) in [5.74, 6) is 1.18. The van der Waals surface area contributed by atoms with Crippen LogP contribution in [0.1, 0.15) is 29.9 Å². The van der Waals surface area contributed by atoms with E-state index in [1.807, 2.05) is 6.07 Å². The largest absolute Gasteiger partial charge is 0.340 e. The Balaban J connectivity index is 1.48. The molecule has 100 valence electrons. The Morgan fingerprint density at radius 1 is 1.26 bits per heavy atom. The van der Waals surface area contributed by atoms with Crippen LogP contribution in [-0.4, -0.2) is 36.5 Å². The Hall–Kier alpha value is -1.35. The van der Waals surface area contributed by atoms with Crippen LogP contribution in [0.2, 0.25) is 0 Å². The molecule has 3 unspecified atom stereocenters. The van der Waals surface area contributed by atoms with Gasteiger partial charge in [-0.1, -0.05) is 24.3 Å². The lowest BCUT2D eigenvalue weighted by molar-refractivity contribution is -0.132. The summed E-state index contributed by atoms with van der Waals surface area (Å²) in [4.78, 5) is 14.7. The third kappa shape index (κ3) is 1.79. The third-order valence-electron chi connectivity index (χ3n) is 5.06. The number of nitrogens with zero attached hydrogens (tertiary/aromatic N) is 1. The molecule has 19 heavy (non-hydrogen) atoms. The number of likely N-dealkylation sites (tertiary alicyclic amines) is 1. The standard InChI is InChI=1S/C16H20N2O/c19-16(14-8-11-4-1-2-6-13(11)14)18-9-12-5-3-7-17-15(12)10-18/h1-2,4,6,12,14-15,17H,3,5,7-10H2. The van der Waals surface area contributed by atoms with Gasteiger partial charge in [-0.2, -0.15) is 0 Å². The maximum absolute atomic E-state index is 12.6. The zero-order chi connectivity index (χ0) is 12.8. The molecule has 1 aromatic rings. The first-order valence-corrected chi connectivity index (χ1v) is 7.43. The van der Waals surface area contributed by atoms with Gasteiger partial charge in [-0.25, -0.2) is 0 Å². The first-order valence-electron chi connectivity index (χ1n) is 7.43. The van der Waals surface area contributed by atoms with Crippen LogP contribution in [0.4, 0.5) is 0 Å². The van der Waals surface area contributed by atoms with Crippen molar-refractivity contribution in [2.75, 3.05) is 19.6 Å². The molecule has 1 aromatic carbocycles. The van der Waals surface area contributed by atoms with Crippen molar-refractivity contribution in [2.45, 2.75) is 31.2 Å². The molecule has 3 atom stereocenters. The van der Waals surface area contributed by atoms with Crippen molar-refractivity contribution in [1.29, 1.82) is 0 Å². The van der Waals surface area contributed by atoms with Gasteiger partial charge in [-0.3, -0.25) is 4.79 Å². The Bertz CT molecular complexity index is 499. The van der Waals surface area contributed by atoms with Crippen LogP contribution in [0.15, 0.2) is 24.3 Å². The number of carbonyl (C=O) groups excluding carboxylic acids is 1. The number of hydrogen-bond donors (Lipinski definition) is 1. The highest BCUT2D eigenvalue weighted by molar-refractivity contribution is 5.87. The van der Waals surface area contributed by atoms with Gasteiger partial charge in [0.05, 0.1) is 5.92 Å². The minimum atomic E-state index is 0.136. The molecule has 1 amide bonds. The normalized spacial score (nSPS) is 32.4. The molecule has 2 heterocycles. The van der Waals surface area contributed by atoms with Crippen molar-refractivity contribution in [3.63, 3.8) is 0 Å². The number of carbonyl (C=O) groups is 1. The highest BCUT2D eigenvalue weighted by atomic mass is 16.2. The summed E-state index contributed by atoms with van der Waals surface area (Å²) < 4.78 is 0. The monoisotopic (exact) mass is 256 g/mol. The SMILES string of the molecule is O=C(C1Cc2ccccc21)N1CC2CCCNC2C1. The fourth-order valence-corrected chi connectivity index (χ4v) is 3.93. The fourth-order valence-electron chi connectivity index (χ4n) is 3.93. The highest BCUT2D eigenvalue weighted by Crippen LogP contribution is 2.37. The summed E-state index contributed by atoms with van der Waals surface area (Å²) in [5, 5.41) is 3.57. The first-order chi connectivity index (χ1) is 9.33. The second kappa shape index (κ2) is 4.34. The molecule has 0 bridgehead atoms. The second-order valence-corrected chi connectivity index (χ2v) is 6.16. The summed E-state index contributed by atoms with van der Waals surface area (Å²) in [6, 6.07) is 8.91. The van der Waals surface area contributed by atoms with E-state index in [2.05, 4.69) is 28.4 Å². The van der Waals surface area contributed by atoms with Gasteiger partial charge in [0.15, 0.2) is 0 Å². The van der Waals surface area contributed by atoms with Gasteiger partial charge in [0.2, 0.25) is 5.91 Å². The molecule has 0 radical (unpaired) electrons. The molecule has 3 nitrogen and oxygen atoms in total. The van der Waals surface area contributed by atoms with Crippen molar-refractivity contribution < 1.29 is 4.79 Å². The van der Waals surface area contributed by atoms with Gasteiger partial charge in [-0.15, -0.1) is 0 Å². The van der Waals surface area contributed by atoms with E-state index in [4.69, 9.17) is 0 Å². The smallest absolute Gasteiger partial charge is 0.230 e. The average molecular weight is 256 g/mol. The molecule has 0 aromatic heterocycles. The molecule has 1 aliphatic carbocycles. The zero-order valence-electron chi connectivity index (χ0n) is 11.1. The Morgan fingerprint density at radius 3 is 3.00 bits per heavy atom. The van der Waals surface area contributed by atoms with E-state index in [0.29, 0.717) is 17.9 Å². The predicted octanol–water partition coefficient (Wildman–Crippen LogP) is 1.54. The van der Waals surface area contributed by atoms with Gasteiger partial charge in [0.25, 0.3) is 0 Å². The average Bonchev–Trinajstić information content (AvgIpc) is 2.84. The van der Waals surface area contributed by atoms with E-state index in [9.17, 15) is 4.79 Å². The van der Waals surface area contributed by atoms with Crippen LogP contribution in [-0.2, 0) is 11.2 Å². The number of piperidine rings is 1. The summed E-state index contributed by atoms with van der Waals surface area (Å²) in [6.45, 7) is 3.01. The quantitative estimate of drug-likeness (QED) is 0.826. The molecule has 2 fully saturated rings. The van der Waals surface area contributed by atoms with E-state index < -0.39 is 0 Å². The lowest BCUT2D eigenvalue weighted by Gasteiger charge is -2.32. The first kappa shape index (κ1) is 11.5. The third-order valence-corrected chi connectivity index (χ3v) is 5.06. The van der Waals surface area contributed by atoms with Crippen LogP contribution in [0.3, 0.4) is 0 Å². The topological polar surface area (TPSA) is 32.3 Å². The van der Waals surface area contributed by atoms with E-state index >= 15 is 0 Å². The van der Waals surface area contributed by atoms with Crippen LogP contribution in [0, 0.1) is 5.92 Å². The Morgan fingerprint density at radius 2 is 2.16 bits per heavy atom. The van der Waals surface area contributed by atoms with Crippen molar-refractivity contribution in [1.82, 2.24) is 10.2 Å². The number of hydrogen-bond acceptors (Lipinski definition) is 2. The van der Waals surface area contributed by atoms with Gasteiger partial charge in [0.1, 0.15) is 0 Å². The Labute approximate surface area is 114 Å². The molecular formula is C16H20N2O. The molecule has 1 N–H and O–H groups in total. The summed E-state index contributed by atoms with van der Waals surface area (Å²) in [7, 11) is 0. The maximum atomic E-state index is 12.6. The summed E-state index contributed by atoms with van der Waals surface area (Å²) >= 11 is 0. The summed E-state index contributed by atoms with van der Waals surface area (Å²) in [5.41, 5.74) is 2.62. The number of nitrogens with one attached hydrogen (secondary N) is 1. The molecule has 4 rings (SSSR count). The van der Waals surface area contributed by atoms with Crippen LogP contribution in [0.25, 0.3) is 0 Å². The number of rotatable bonds is 1. The minimum absolute atomic E-state index is 0.136. The molecule has 3 heteroatoms. The molecule has 2 aliphatic heterocycles. The van der Waals surface area contributed by atoms with Gasteiger partial charge >= 0.3 is 0 Å². The van der Waals surface area contributed by atoms with Gasteiger partial charge in [0, 0.05) is 19.1 Å². The van der Waals surface area contributed by atoms with Crippen molar-refractivity contribution >= 4 is 5.91 Å². The van der Waals surface area contributed by atoms with E-state index in [1.165, 1.54) is 24.0 Å². The molecular weight excluding hydrogens is 236 g/mol. The second-order valence-electron chi connectivity index (χ2n) is 6.16. The molecule has 2 saturated heterocycles. The van der Waals surface area contributed by atoms with Crippen LogP contribution >= 0.6 is 0 Å². The Kier molecular flexibility index (Phi) is 2.62. The number of fused-ring (bicyclic) bond motifs is 2. The zero-order valence-corrected chi connectivity index (χ0v) is 11.1. The maximum Gasteiger partial charge on any atom is 0.230 e. The van der Waals surface area contributed by atoms with Crippen molar-refractivity contribution in [3.8, 4) is 0 Å². The minimum Gasteiger partial charge on any atom is -0.340 e. The van der Waals surface area contributed by atoms with Crippen LogP contribution in [0.5, 0.6) is 0 Å². The van der Waals surface area contributed by atoms with Gasteiger partial charge in [-0.05, 0) is 42.9 Å². The lowest BCUT2D eigenvalue weighted by Crippen LogP contribution is -2.42. The molecule has 0 saturated carbocycles. The highest BCUT2D eigenvalue weighted by Gasteiger charge is 2.41. The van der Waals surface area contributed by atoms with E-state index in [1.54, 1.807) is 0 Å². The number of amides is 1. The predicted molar refractivity (Wildman–Crippen MR) is 74.0 cm³/mol. The summed E-state index contributed by atoms with van der Waals surface area (Å²) in [6.07, 6.45) is 3.48. The van der Waals surface area contributed by atoms with Crippen molar-refractivity contribution in [2.24, 2.45) is 5.92 Å². The van der Waals surface area contributed by atoms with Crippen LogP contribution < -0.4 is 5.32 Å². The number of benzene rings is 1. The van der Waals surface area contributed by atoms with E-state index in [-0.39, 0.29) is 5.92 Å². The van der Waals surface area contributed by atoms with Gasteiger partial charge < -0.3 is 10.2 Å². The molecule has 3 aliphatic rings. The lowest BCUT2D eigenvalue weighted by atomic mass is 9.77.